The molecule has 2 aromatic rings. The lowest BCUT2D eigenvalue weighted by Gasteiger charge is -2.12. The first kappa shape index (κ1) is 18.2. The molecule has 0 N–H and O–H groups in total. The minimum atomic E-state index is -3.60. The molecule has 0 aliphatic carbocycles. The van der Waals surface area contributed by atoms with Crippen LogP contribution in [0.1, 0.15) is 35.7 Å². The van der Waals surface area contributed by atoms with Crippen LogP contribution in [0.3, 0.4) is 0 Å². The number of nitrogens with zero attached hydrogens (tertiary/aromatic N) is 1. The third-order valence-corrected chi connectivity index (χ3v) is 5.42. The van der Waals surface area contributed by atoms with Gasteiger partial charge in [-0.2, -0.15) is 0 Å². The first-order chi connectivity index (χ1) is 11.2. The van der Waals surface area contributed by atoms with E-state index in [0.717, 1.165) is 9.87 Å². The molecule has 5 nitrogen and oxygen atoms in total. The molecule has 0 fully saturated rings. The maximum absolute atomic E-state index is 12.3. The molecule has 0 aliphatic rings. The van der Waals surface area contributed by atoms with Crippen molar-refractivity contribution in [1.29, 1.82) is 0 Å². The van der Waals surface area contributed by atoms with Gasteiger partial charge in [-0.25, -0.2) is 17.5 Å². The molecule has 0 heterocycles. The highest BCUT2D eigenvalue weighted by molar-refractivity contribution is 7.89. The van der Waals surface area contributed by atoms with Gasteiger partial charge in [-0.15, -0.1) is 0 Å². The lowest BCUT2D eigenvalue weighted by molar-refractivity contribution is 0.0734. The lowest BCUT2D eigenvalue weighted by Crippen LogP contribution is -2.22. The molecule has 0 aromatic heterocycles. The minimum absolute atomic E-state index is 0.0529. The van der Waals surface area contributed by atoms with Crippen LogP contribution in [0.2, 0.25) is 0 Å². The van der Waals surface area contributed by atoms with Gasteiger partial charge < -0.3 is 4.74 Å². The maximum atomic E-state index is 12.3. The molecule has 0 radical (unpaired) electrons. The number of carbonyl (C=O) groups is 1. The molecule has 0 bridgehead atoms. The lowest BCUT2D eigenvalue weighted by atomic mass is 10.0. The maximum Gasteiger partial charge on any atom is 0.343 e. The topological polar surface area (TPSA) is 63.7 Å². The van der Waals surface area contributed by atoms with Gasteiger partial charge in [-0.1, -0.05) is 32.0 Å². The molecular weight excluding hydrogens is 326 g/mol. The van der Waals surface area contributed by atoms with Gasteiger partial charge in [0.25, 0.3) is 0 Å². The van der Waals surface area contributed by atoms with Crippen molar-refractivity contribution in [3.05, 3.63) is 59.7 Å². The smallest absolute Gasteiger partial charge is 0.343 e. The zero-order valence-electron chi connectivity index (χ0n) is 14.2. The first-order valence-corrected chi connectivity index (χ1v) is 9.00. The summed E-state index contributed by atoms with van der Waals surface area (Å²) in [6.07, 6.45) is 0. The average Bonchev–Trinajstić information content (AvgIpc) is 2.55. The van der Waals surface area contributed by atoms with Gasteiger partial charge in [-0.05, 0) is 41.8 Å². The fraction of sp³-hybridized carbons (Fsp3) is 0.278. The Morgan fingerprint density at radius 2 is 1.67 bits per heavy atom. The number of sulfonamides is 1. The summed E-state index contributed by atoms with van der Waals surface area (Å²) in [5.41, 5.74) is 1.33. The molecule has 24 heavy (non-hydrogen) atoms. The van der Waals surface area contributed by atoms with Gasteiger partial charge in [0.2, 0.25) is 10.0 Å². The number of carbonyl (C=O) groups excluding carboxylic acids is 1. The van der Waals surface area contributed by atoms with Crippen LogP contribution in [0.25, 0.3) is 0 Å². The summed E-state index contributed by atoms with van der Waals surface area (Å²) in [5.74, 6) is 0.219. The van der Waals surface area contributed by atoms with Crippen molar-refractivity contribution in [1.82, 2.24) is 4.31 Å². The van der Waals surface area contributed by atoms with E-state index >= 15 is 0 Å². The van der Waals surface area contributed by atoms with Crippen LogP contribution in [0.4, 0.5) is 0 Å². The summed E-state index contributed by atoms with van der Waals surface area (Å²) in [6.45, 7) is 4.16. The van der Waals surface area contributed by atoms with E-state index < -0.39 is 16.0 Å². The summed E-state index contributed by atoms with van der Waals surface area (Å²) < 4.78 is 30.7. The van der Waals surface area contributed by atoms with E-state index in [1.165, 1.54) is 38.4 Å². The Labute approximate surface area is 142 Å². The van der Waals surface area contributed by atoms with Gasteiger partial charge >= 0.3 is 5.97 Å². The SMILES string of the molecule is CC(C)c1ccc(OC(=O)c2cccc(S(=O)(=O)N(C)C)c2)cc1. The van der Waals surface area contributed by atoms with Crippen molar-refractivity contribution in [3.8, 4) is 5.75 Å². The van der Waals surface area contributed by atoms with Crippen LogP contribution in [-0.4, -0.2) is 32.8 Å². The van der Waals surface area contributed by atoms with Crippen LogP contribution in [0.5, 0.6) is 5.75 Å². The highest BCUT2D eigenvalue weighted by Crippen LogP contribution is 2.20. The normalized spacial score (nSPS) is 11.8. The van der Waals surface area contributed by atoms with Crippen LogP contribution in [0, 0.1) is 0 Å². The van der Waals surface area contributed by atoms with Crippen molar-refractivity contribution < 1.29 is 17.9 Å². The Balaban J connectivity index is 2.21. The zero-order chi connectivity index (χ0) is 17.9. The van der Waals surface area contributed by atoms with Gasteiger partial charge in [0, 0.05) is 14.1 Å². The van der Waals surface area contributed by atoms with Crippen molar-refractivity contribution in [3.63, 3.8) is 0 Å². The average molecular weight is 347 g/mol. The zero-order valence-corrected chi connectivity index (χ0v) is 15.0. The number of esters is 1. The second kappa shape index (κ2) is 7.15. The first-order valence-electron chi connectivity index (χ1n) is 7.56. The largest absolute Gasteiger partial charge is 0.423 e. The molecule has 2 rings (SSSR count). The fourth-order valence-electron chi connectivity index (χ4n) is 2.08. The van der Waals surface area contributed by atoms with Crippen molar-refractivity contribution in [2.24, 2.45) is 0 Å². The van der Waals surface area contributed by atoms with Crippen molar-refractivity contribution in [2.75, 3.05) is 14.1 Å². The summed E-state index contributed by atoms with van der Waals surface area (Å²) in [4.78, 5) is 12.3. The van der Waals surface area contributed by atoms with Crippen molar-refractivity contribution >= 4 is 16.0 Å². The summed E-state index contributed by atoms with van der Waals surface area (Å²) in [6, 6.07) is 13.1. The Kier molecular flexibility index (Phi) is 5.41. The monoisotopic (exact) mass is 347 g/mol. The Hall–Kier alpha value is -2.18. The van der Waals surface area contributed by atoms with Crippen LogP contribution < -0.4 is 4.74 Å². The van der Waals surface area contributed by atoms with Gasteiger partial charge in [0.05, 0.1) is 10.5 Å². The molecule has 0 saturated heterocycles. The van der Waals surface area contributed by atoms with Gasteiger partial charge in [0.1, 0.15) is 5.75 Å². The molecule has 128 valence electrons. The van der Waals surface area contributed by atoms with E-state index in [-0.39, 0.29) is 10.5 Å². The number of rotatable bonds is 5. The summed E-state index contributed by atoms with van der Waals surface area (Å²) >= 11 is 0. The van der Waals surface area contributed by atoms with Crippen LogP contribution in [-0.2, 0) is 10.0 Å². The van der Waals surface area contributed by atoms with Crippen LogP contribution in [0.15, 0.2) is 53.4 Å². The number of benzene rings is 2. The third kappa shape index (κ3) is 4.01. The van der Waals surface area contributed by atoms with E-state index in [1.54, 1.807) is 12.1 Å². The van der Waals surface area contributed by atoms with E-state index in [4.69, 9.17) is 4.74 Å². The van der Waals surface area contributed by atoms with E-state index in [9.17, 15) is 13.2 Å². The van der Waals surface area contributed by atoms with E-state index in [2.05, 4.69) is 13.8 Å². The second-order valence-corrected chi connectivity index (χ2v) is 8.08. The van der Waals surface area contributed by atoms with Crippen LogP contribution >= 0.6 is 0 Å². The Morgan fingerprint density at radius 1 is 1.04 bits per heavy atom. The molecule has 6 heteroatoms. The predicted molar refractivity (Wildman–Crippen MR) is 92.8 cm³/mol. The second-order valence-electron chi connectivity index (χ2n) is 5.93. The predicted octanol–water partition coefficient (Wildman–Crippen LogP) is 3.28. The van der Waals surface area contributed by atoms with E-state index in [0.29, 0.717) is 11.7 Å². The highest BCUT2D eigenvalue weighted by atomic mass is 32.2. The fourth-order valence-corrected chi connectivity index (χ4v) is 3.03. The standard InChI is InChI=1S/C18H21NO4S/c1-13(2)14-8-10-16(11-9-14)23-18(20)15-6-5-7-17(12-15)24(21,22)19(3)4/h5-13H,1-4H3. The molecule has 0 aliphatic heterocycles. The molecular formula is C18H21NO4S. The Bertz CT molecular complexity index is 824. The number of ether oxygens (including phenoxy) is 1. The molecule has 0 unspecified atom stereocenters. The molecule has 0 spiro atoms. The molecule has 0 saturated carbocycles. The number of hydrogen-bond acceptors (Lipinski definition) is 4. The molecule has 0 amide bonds. The van der Waals surface area contributed by atoms with Crippen molar-refractivity contribution in [2.45, 2.75) is 24.7 Å². The number of hydrogen-bond donors (Lipinski definition) is 0. The highest BCUT2D eigenvalue weighted by Gasteiger charge is 2.19. The molecule has 0 atom stereocenters. The molecule has 2 aromatic carbocycles. The van der Waals surface area contributed by atoms with E-state index in [1.807, 2.05) is 12.1 Å². The quantitative estimate of drug-likeness (QED) is 0.615. The summed E-state index contributed by atoms with van der Waals surface area (Å²) in [7, 11) is -0.713. The minimum Gasteiger partial charge on any atom is -0.423 e. The summed E-state index contributed by atoms with van der Waals surface area (Å²) in [5, 5.41) is 0. The van der Waals surface area contributed by atoms with Gasteiger partial charge in [0.15, 0.2) is 0 Å². The van der Waals surface area contributed by atoms with Gasteiger partial charge in [-0.3, -0.25) is 0 Å². The third-order valence-electron chi connectivity index (χ3n) is 3.61. The Morgan fingerprint density at radius 3 is 2.21 bits per heavy atom.